The van der Waals surface area contributed by atoms with Gasteiger partial charge in [-0.2, -0.15) is 0 Å². The van der Waals surface area contributed by atoms with Gasteiger partial charge in [-0.05, 0) is 65.3 Å². The van der Waals surface area contributed by atoms with Crippen molar-refractivity contribution >= 4 is 16.8 Å². The largest absolute Gasteiger partial charge is 0.322 e. The van der Waals surface area contributed by atoms with Gasteiger partial charge in [0.25, 0.3) is 0 Å². The lowest BCUT2D eigenvalue weighted by molar-refractivity contribution is 0.366. The summed E-state index contributed by atoms with van der Waals surface area (Å²) in [5.41, 5.74) is 0. The minimum Gasteiger partial charge on any atom is -0.322 e. The summed E-state index contributed by atoms with van der Waals surface area (Å²) in [5.74, 6) is 0. The molecule has 0 saturated carbocycles. The molecule has 128 valence electrons. The van der Waals surface area contributed by atoms with Gasteiger partial charge in [0.1, 0.15) is 0 Å². The first-order valence-corrected chi connectivity index (χ1v) is 14.8. The molecular formula is C16H41N3Si2. The Labute approximate surface area is 137 Å². The second kappa shape index (κ2) is 9.45. The second-order valence-corrected chi connectivity index (χ2v) is 15.6. The molecule has 0 unspecified atom stereocenters. The van der Waals surface area contributed by atoms with Crippen LogP contribution < -0.4 is 0 Å². The van der Waals surface area contributed by atoms with E-state index in [1.54, 1.807) is 0 Å². The standard InChI is InChI=1S/C16H41N3Si2/c1-10-15-16-19(20(6,7)17(11-2)12-3)21(8,9)18(13-4)14-5/h10-16H2,1-9H3. The molecule has 0 saturated heterocycles. The minimum atomic E-state index is -1.54. The van der Waals surface area contributed by atoms with Gasteiger partial charge in [0.05, 0.1) is 0 Å². The van der Waals surface area contributed by atoms with Crippen LogP contribution in [0.1, 0.15) is 47.5 Å². The van der Waals surface area contributed by atoms with Gasteiger partial charge in [-0.15, -0.1) is 0 Å². The van der Waals surface area contributed by atoms with Crippen molar-refractivity contribution < 1.29 is 0 Å². The summed E-state index contributed by atoms with van der Waals surface area (Å²) in [7, 11) is -3.09. The van der Waals surface area contributed by atoms with Crippen LogP contribution in [-0.2, 0) is 0 Å². The van der Waals surface area contributed by atoms with E-state index in [-0.39, 0.29) is 0 Å². The van der Waals surface area contributed by atoms with Crippen LogP contribution in [-0.4, -0.2) is 62.9 Å². The zero-order valence-electron chi connectivity index (χ0n) is 16.3. The highest BCUT2D eigenvalue weighted by Crippen LogP contribution is 2.26. The lowest BCUT2D eigenvalue weighted by Gasteiger charge is -2.54. The SMILES string of the molecule is CCCCN([Si](C)(C)N(CC)CC)[Si](C)(C)N(CC)CC. The van der Waals surface area contributed by atoms with Crippen LogP contribution in [0.3, 0.4) is 0 Å². The third kappa shape index (κ3) is 5.17. The number of rotatable bonds is 11. The van der Waals surface area contributed by atoms with Gasteiger partial charge in [-0.1, -0.05) is 41.0 Å². The normalized spacial score (nSPS) is 13.7. The molecule has 0 rings (SSSR count). The van der Waals surface area contributed by atoms with Crippen molar-refractivity contribution in [2.75, 3.05) is 32.7 Å². The third-order valence-corrected chi connectivity index (χ3v) is 15.9. The average molecular weight is 332 g/mol. The molecule has 21 heavy (non-hydrogen) atoms. The van der Waals surface area contributed by atoms with Crippen molar-refractivity contribution in [2.45, 2.75) is 73.6 Å². The first kappa shape index (κ1) is 21.3. The van der Waals surface area contributed by atoms with Gasteiger partial charge in [-0.25, -0.2) is 0 Å². The molecule has 0 aliphatic carbocycles. The quantitative estimate of drug-likeness (QED) is 0.526. The first-order valence-electron chi connectivity index (χ1n) is 9.01. The van der Waals surface area contributed by atoms with Crippen molar-refractivity contribution in [1.82, 2.24) is 13.4 Å². The molecule has 0 aromatic carbocycles. The summed E-state index contributed by atoms with van der Waals surface area (Å²) < 4.78 is 8.49. The van der Waals surface area contributed by atoms with Gasteiger partial charge in [0, 0.05) is 0 Å². The number of hydrogen-bond acceptors (Lipinski definition) is 3. The molecule has 0 aliphatic rings. The molecule has 0 atom stereocenters. The molecule has 0 radical (unpaired) electrons. The summed E-state index contributed by atoms with van der Waals surface area (Å²) in [5, 5.41) is 0. The zero-order valence-corrected chi connectivity index (χ0v) is 18.3. The van der Waals surface area contributed by atoms with E-state index in [4.69, 9.17) is 0 Å². The van der Waals surface area contributed by atoms with Crippen molar-refractivity contribution in [3.8, 4) is 0 Å². The fourth-order valence-corrected chi connectivity index (χ4v) is 15.3. The van der Waals surface area contributed by atoms with Gasteiger partial charge in [0.2, 0.25) is 0 Å². The van der Waals surface area contributed by atoms with E-state index in [1.807, 2.05) is 0 Å². The smallest absolute Gasteiger partial charge is 0.194 e. The van der Waals surface area contributed by atoms with Crippen LogP contribution in [0, 0.1) is 0 Å². The van der Waals surface area contributed by atoms with Crippen LogP contribution in [0.15, 0.2) is 0 Å². The van der Waals surface area contributed by atoms with E-state index in [2.05, 4.69) is 74.2 Å². The van der Waals surface area contributed by atoms with E-state index in [9.17, 15) is 0 Å². The molecular weight excluding hydrogens is 290 g/mol. The van der Waals surface area contributed by atoms with Crippen molar-refractivity contribution in [2.24, 2.45) is 0 Å². The van der Waals surface area contributed by atoms with Crippen molar-refractivity contribution in [3.05, 3.63) is 0 Å². The summed E-state index contributed by atoms with van der Waals surface area (Å²) in [6.07, 6.45) is 2.62. The molecule has 0 aromatic heterocycles. The lowest BCUT2D eigenvalue weighted by Crippen LogP contribution is -2.74. The monoisotopic (exact) mass is 331 g/mol. The van der Waals surface area contributed by atoms with Crippen molar-refractivity contribution in [1.29, 1.82) is 0 Å². The molecule has 0 aliphatic heterocycles. The molecule has 0 aromatic rings. The van der Waals surface area contributed by atoms with E-state index in [1.165, 1.54) is 45.6 Å². The third-order valence-electron chi connectivity index (χ3n) is 5.13. The maximum atomic E-state index is 2.99. The summed E-state index contributed by atoms with van der Waals surface area (Å²) >= 11 is 0. The topological polar surface area (TPSA) is 9.72 Å². The Morgan fingerprint density at radius 3 is 1.19 bits per heavy atom. The highest BCUT2D eigenvalue weighted by atomic mass is 28.4. The molecule has 0 spiro atoms. The van der Waals surface area contributed by atoms with Crippen molar-refractivity contribution in [3.63, 3.8) is 0 Å². The maximum absolute atomic E-state index is 2.99. The molecule has 0 heterocycles. The first-order chi connectivity index (χ1) is 9.73. The highest BCUT2D eigenvalue weighted by Gasteiger charge is 2.46. The number of nitrogens with zero attached hydrogens (tertiary/aromatic N) is 3. The maximum Gasteiger partial charge on any atom is 0.194 e. The Morgan fingerprint density at radius 2 is 0.952 bits per heavy atom. The second-order valence-electron chi connectivity index (χ2n) is 6.84. The predicted octanol–water partition coefficient (Wildman–Crippen LogP) is 4.18. The van der Waals surface area contributed by atoms with Crippen LogP contribution in [0.2, 0.25) is 26.2 Å². The molecule has 0 fully saturated rings. The van der Waals surface area contributed by atoms with E-state index in [0.29, 0.717) is 0 Å². The average Bonchev–Trinajstić information content (AvgIpc) is 2.40. The fraction of sp³-hybridized carbons (Fsp3) is 1.00. The van der Waals surface area contributed by atoms with Gasteiger partial charge in [-0.3, -0.25) is 0 Å². The molecule has 0 N–H and O–H groups in total. The summed E-state index contributed by atoms with van der Waals surface area (Å²) in [4.78, 5) is 0. The Kier molecular flexibility index (Phi) is 9.59. The van der Waals surface area contributed by atoms with E-state index < -0.39 is 16.8 Å². The minimum absolute atomic E-state index is 1.18. The summed E-state index contributed by atoms with van der Waals surface area (Å²) in [6.45, 7) is 27.9. The van der Waals surface area contributed by atoms with Crippen LogP contribution in [0.5, 0.6) is 0 Å². The Morgan fingerprint density at radius 1 is 0.619 bits per heavy atom. The Balaban J connectivity index is 5.53. The lowest BCUT2D eigenvalue weighted by atomic mass is 10.3. The summed E-state index contributed by atoms with van der Waals surface area (Å²) in [6, 6.07) is 0. The molecule has 0 bridgehead atoms. The van der Waals surface area contributed by atoms with Crippen LogP contribution >= 0.6 is 0 Å². The number of unbranched alkanes of at least 4 members (excludes halogenated alkanes) is 1. The van der Waals surface area contributed by atoms with Gasteiger partial charge < -0.3 is 13.4 Å². The molecule has 5 heteroatoms. The van der Waals surface area contributed by atoms with E-state index in [0.717, 1.165) is 0 Å². The van der Waals surface area contributed by atoms with Crippen LogP contribution in [0.25, 0.3) is 0 Å². The van der Waals surface area contributed by atoms with Crippen LogP contribution in [0.4, 0.5) is 0 Å². The van der Waals surface area contributed by atoms with E-state index >= 15 is 0 Å². The fourth-order valence-electron chi connectivity index (χ4n) is 3.87. The Hall–Kier alpha value is 0.314. The van der Waals surface area contributed by atoms with Gasteiger partial charge in [0.15, 0.2) is 16.8 Å². The Bertz CT molecular complexity index is 251. The molecule has 0 amide bonds. The highest BCUT2D eigenvalue weighted by molar-refractivity contribution is 6.88. The van der Waals surface area contributed by atoms with Gasteiger partial charge >= 0.3 is 0 Å². The zero-order chi connectivity index (χ0) is 16.7. The number of hydrogen-bond donors (Lipinski definition) is 0. The predicted molar refractivity (Wildman–Crippen MR) is 102 cm³/mol. The molecule has 3 nitrogen and oxygen atoms in total.